The number of halogens is 1. The average molecular weight is 374 g/mol. The Morgan fingerprint density at radius 3 is 2.40 bits per heavy atom. The molecule has 1 saturated heterocycles. The van der Waals surface area contributed by atoms with Crippen molar-refractivity contribution in [3.63, 3.8) is 0 Å². The van der Waals surface area contributed by atoms with Gasteiger partial charge in [0.1, 0.15) is 0 Å². The predicted octanol–water partition coefficient (Wildman–Crippen LogP) is 3.97. The fourth-order valence-corrected chi connectivity index (χ4v) is 5.25. The van der Waals surface area contributed by atoms with Crippen LogP contribution in [0.4, 0.5) is 5.69 Å². The summed E-state index contributed by atoms with van der Waals surface area (Å²) in [5, 5.41) is 4.51. The quantitative estimate of drug-likeness (QED) is 0.638. The van der Waals surface area contributed by atoms with Gasteiger partial charge in [-0.3, -0.25) is 5.43 Å². The Hall–Kier alpha value is -0.170. The molecule has 0 atom stereocenters. The molecule has 0 spiro atoms. The van der Waals surface area contributed by atoms with Crippen LogP contribution in [-0.4, -0.2) is 46.8 Å². The molecule has 1 aliphatic heterocycles. The standard InChI is InChI=1S/C14H20BrN3S2/c1-10(14-19-8-13(9-20-14)18(2)3)16-17-12-6-4-11(15)5-7-12/h4-7,13-14,17H,8-9H2,1-3H3/b16-10+. The molecule has 2 rings (SSSR count). The minimum atomic E-state index is 0.467. The first-order valence-corrected chi connectivity index (χ1v) is 9.40. The van der Waals surface area contributed by atoms with E-state index in [-0.39, 0.29) is 0 Å². The van der Waals surface area contributed by atoms with Crippen molar-refractivity contribution >= 4 is 50.9 Å². The van der Waals surface area contributed by atoms with E-state index in [1.807, 2.05) is 47.8 Å². The van der Waals surface area contributed by atoms with Crippen LogP contribution in [0.1, 0.15) is 6.92 Å². The summed E-state index contributed by atoms with van der Waals surface area (Å²) in [6.07, 6.45) is 0. The van der Waals surface area contributed by atoms with Gasteiger partial charge in [0.05, 0.1) is 16.0 Å². The van der Waals surface area contributed by atoms with E-state index in [9.17, 15) is 0 Å². The predicted molar refractivity (Wildman–Crippen MR) is 97.1 cm³/mol. The fourth-order valence-electron chi connectivity index (χ4n) is 1.76. The van der Waals surface area contributed by atoms with Gasteiger partial charge in [0, 0.05) is 22.0 Å². The number of nitrogens with one attached hydrogen (secondary N) is 1. The second-order valence-electron chi connectivity index (χ2n) is 4.99. The maximum Gasteiger partial charge on any atom is 0.0898 e. The van der Waals surface area contributed by atoms with E-state index in [0.29, 0.717) is 10.6 Å². The van der Waals surface area contributed by atoms with Gasteiger partial charge in [-0.15, -0.1) is 23.5 Å². The van der Waals surface area contributed by atoms with Crippen LogP contribution in [0.3, 0.4) is 0 Å². The molecular weight excluding hydrogens is 354 g/mol. The van der Waals surface area contributed by atoms with Crippen molar-refractivity contribution in [3.8, 4) is 0 Å². The van der Waals surface area contributed by atoms with Gasteiger partial charge in [0.2, 0.25) is 0 Å². The van der Waals surface area contributed by atoms with Gasteiger partial charge in [0.25, 0.3) is 0 Å². The van der Waals surface area contributed by atoms with Crippen LogP contribution in [0.2, 0.25) is 0 Å². The van der Waals surface area contributed by atoms with Gasteiger partial charge in [-0.2, -0.15) is 5.10 Å². The van der Waals surface area contributed by atoms with Gasteiger partial charge in [-0.25, -0.2) is 0 Å². The minimum Gasteiger partial charge on any atom is -0.305 e. The number of hydrazone groups is 1. The third-order valence-corrected chi connectivity index (χ3v) is 6.94. The Balaban J connectivity index is 1.86. The zero-order chi connectivity index (χ0) is 14.5. The highest BCUT2D eigenvalue weighted by atomic mass is 79.9. The average Bonchev–Trinajstić information content (AvgIpc) is 2.46. The van der Waals surface area contributed by atoms with Gasteiger partial charge in [0.15, 0.2) is 0 Å². The van der Waals surface area contributed by atoms with Gasteiger partial charge >= 0.3 is 0 Å². The van der Waals surface area contributed by atoms with Crippen LogP contribution < -0.4 is 5.43 Å². The summed E-state index contributed by atoms with van der Waals surface area (Å²) in [4.78, 5) is 2.31. The molecule has 1 aliphatic rings. The Bertz CT molecular complexity index is 454. The molecule has 0 aromatic heterocycles. The number of anilines is 1. The lowest BCUT2D eigenvalue weighted by Crippen LogP contribution is -2.37. The SMILES string of the molecule is C/C(=N\Nc1ccc(Br)cc1)C1SCC(N(C)C)CS1. The van der Waals surface area contributed by atoms with Crippen LogP contribution in [0.25, 0.3) is 0 Å². The molecule has 6 heteroatoms. The largest absolute Gasteiger partial charge is 0.305 e. The number of thioether (sulfide) groups is 2. The van der Waals surface area contributed by atoms with Crippen LogP contribution in [0, 0.1) is 0 Å². The second-order valence-corrected chi connectivity index (χ2v) is 8.48. The normalized spacial score (nSPS) is 23.9. The molecule has 110 valence electrons. The van der Waals surface area contributed by atoms with Crippen LogP contribution >= 0.6 is 39.5 Å². The van der Waals surface area contributed by atoms with Crippen molar-refractivity contribution in [2.45, 2.75) is 17.5 Å². The lowest BCUT2D eigenvalue weighted by Gasteiger charge is -2.31. The highest BCUT2D eigenvalue weighted by Gasteiger charge is 2.25. The number of nitrogens with zero attached hydrogens (tertiary/aromatic N) is 2. The molecule has 0 bridgehead atoms. The highest BCUT2D eigenvalue weighted by molar-refractivity contribution is 9.10. The molecule has 0 aliphatic carbocycles. The second kappa shape index (κ2) is 7.73. The maximum atomic E-state index is 4.51. The number of rotatable bonds is 4. The molecule has 1 heterocycles. The number of hydrogen-bond donors (Lipinski definition) is 1. The monoisotopic (exact) mass is 373 g/mol. The van der Waals surface area contributed by atoms with E-state index in [2.05, 4.69) is 52.4 Å². The first-order valence-electron chi connectivity index (χ1n) is 6.51. The Labute approximate surface area is 138 Å². The van der Waals surface area contributed by atoms with Crippen molar-refractivity contribution < 1.29 is 0 Å². The molecule has 0 radical (unpaired) electrons. The summed E-state index contributed by atoms with van der Waals surface area (Å²) < 4.78 is 1.55. The molecule has 0 saturated carbocycles. The van der Waals surface area contributed by atoms with Crippen molar-refractivity contribution in [2.75, 3.05) is 31.0 Å². The van der Waals surface area contributed by atoms with E-state index in [1.54, 1.807) is 0 Å². The molecular formula is C14H20BrN3S2. The van der Waals surface area contributed by atoms with Crippen molar-refractivity contribution in [1.29, 1.82) is 0 Å². The summed E-state index contributed by atoms with van der Waals surface area (Å²) in [5.41, 5.74) is 5.30. The van der Waals surface area contributed by atoms with Gasteiger partial charge in [-0.1, -0.05) is 15.9 Å². The smallest absolute Gasteiger partial charge is 0.0898 e. The molecule has 1 aromatic rings. The summed E-state index contributed by atoms with van der Waals surface area (Å²) in [6.45, 7) is 2.10. The van der Waals surface area contributed by atoms with E-state index >= 15 is 0 Å². The third-order valence-electron chi connectivity index (χ3n) is 3.16. The van der Waals surface area contributed by atoms with E-state index < -0.39 is 0 Å². The van der Waals surface area contributed by atoms with E-state index in [4.69, 9.17) is 0 Å². The third kappa shape index (κ3) is 4.69. The minimum absolute atomic E-state index is 0.467. The molecule has 0 amide bonds. The van der Waals surface area contributed by atoms with E-state index in [0.717, 1.165) is 15.9 Å². The lowest BCUT2D eigenvalue weighted by molar-refractivity contribution is 0.344. The molecule has 1 fully saturated rings. The summed E-state index contributed by atoms with van der Waals surface area (Å²) in [5.74, 6) is 2.35. The molecule has 0 unspecified atom stereocenters. The Morgan fingerprint density at radius 1 is 1.25 bits per heavy atom. The zero-order valence-electron chi connectivity index (χ0n) is 12.0. The summed E-state index contributed by atoms with van der Waals surface area (Å²) in [7, 11) is 4.31. The molecule has 20 heavy (non-hydrogen) atoms. The fraction of sp³-hybridized carbons (Fsp3) is 0.500. The Morgan fingerprint density at radius 2 is 1.85 bits per heavy atom. The van der Waals surface area contributed by atoms with E-state index in [1.165, 1.54) is 11.5 Å². The molecule has 1 aromatic carbocycles. The first kappa shape index (κ1) is 16.2. The maximum absolute atomic E-state index is 4.51. The van der Waals surface area contributed by atoms with Crippen molar-refractivity contribution in [1.82, 2.24) is 4.90 Å². The first-order chi connectivity index (χ1) is 9.56. The summed E-state index contributed by atoms with van der Waals surface area (Å²) in [6, 6.07) is 8.74. The molecule has 3 nitrogen and oxygen atoms in total. The van der Waals surface area contributed by atoms with Gasteiger partial charge < -0.3 is 4.90 Å². The van der Waals surface area contributed by atoms with Crippen LogP contribution in [0.15, 0.2) is 33.8 Å². The lowest BCUT2D eigenvalue weighted by atomic mass is 10.3. The van der Waals surface area contributed by atoms with Crippen LogP contribution in [0.5, 0.6) is 0 Å². The van der Waals surface area contributed by atoms with Crippen molar-refractivity contribution in [3.05, 3.63) is 28.7 Å². The number of benzene rings is 1. The van der Waals surface area contributed by atoms with Crippen molar-refractivity contribution in [2.24, 2.45) is 5.10 Å². The number of hydrogen-bond acceptors (Lipinski definition) is 5. The topological polar surface area (TPSA) is 27.6 Å². The van der Waals surface area contributed by atoms with Crippen LogP contribution in [-0.2, 0) is 0 Å². The Kier molecular flexibility index (Phi) is 6.26. The highest BCUT2D eigenvalue weighted by Crippen LogP contribution is 2.33. The summed E-state index contributed by atoms with van der Waals surface area (Å²) >= 11 is 7.41. The van der Waals surface area contributed by atoms with Gasteiger partial charge in [-0.05, 0) is 45.3 Å². The zero-order valence-corrected chi connectivity index (χ0v) is 15.2. The molecule has 1 N–H and O–H groups in total.